The Morgan fingerprint density at radius 3 is 2.77 bits per heavy atom. The number of nitrogens with one attached hydrogen (secondary N) is 1. The third kappa shape index (κ3) is 3.81. The van der Waals surface area contributed by atoms with Crippen molar-refractivity contribution >= 4 is 0 Å². The maximum Gasteiger partial charge on any atom is 0.110 e. The van der Waals surface area contributed by atoms with Crippen LogP contribution in [0.4, 0.5) is 0 Å². The number of hydrogen-bond acceptors (Lipinski definition) is 2. The van der Waals surface area contributed by atoms with Gasteiger partial charge >= 0.3 is 0 Å². The summed E-state index contributed by atoms with van der Waals surface area (Å²) >= 11 is 0. The van der Waals surface area contributed by atoms with Gasteiger partial charge in [-0.1, -0.05) is 13.8 Å². The normalized spacial score (nSPS) is 21.9. The highest BCUT2D eigenvalue weighted by Gasteiger charge is 2.12. The minimum Gasteiger partial charge on any atom is -0.497 e. The minimum absolute atomic E-state index is 0.394. The monoisotopic (exact) mass is 183 g/mol. The number of ether oxygens (including phenoxy) is 1. The highest BCUT2D eigenvalue weighted by molar-refractivity contribution is 4.83. The topological polar surface area (TPSA) is 21.3 Å². The van der Waals surface area contributed by atoms with Crippen molar-refractivity contribution < 1.29 is 4.74 Å². The Bertz CT molecular complexity index is 152. The van der Waals surface area contributed by atoms with E-state index in [9.17, 15) is 0 Å². The lowest BCUT2D eigenvalue weighted by Crippen LogP contribution is -2.36. The van der Waals surface area contributed by atoms with Gasteiger partial charge in [0.25, 0.3) is 0 Å². The summed E-state index contributed by atoms with van der Waals surface area (Å²) in [4.78, 5) is 0. The fraction of sp³-hybridized carbons (Fsp3) is 0.818. The first-order chi connectivity index (χ1) is 6.36. The molecule has 0 aromatic rings. The van der Waals surface area contributed by atoms with E-state index in [1.54, 1.807) is 0 Å². The Hall–Kier alpha value is -0.500. The van der Waals surface area contributed by atoms with E-state index in [0.29, 0.717) is 12.1 Å². The predicted octanol–water partition coefficient (Wildman–Crippen LogP) is 2.46. The number of allylic oxidation sites excluding steroid dienone is 1. The van der Waals surface area contributed by atoms with E-state index in [0.717, 1.165) is 19.4 Å². The molecule has 0 saturated heterocycles. The van der Waals surface area contributed by atoms with Crippen LogP contribution in [-0.4, -0.2) is 18.7 Å². The van der Waals surface area contributed by atoms with Gasteiger partial charge in [0.15, 0.2) is 0 Å². The van der Waals surface area contributed by atoms with Gasteiger partial charge in [-0.2, -0.15) is 0 Å². The first-order valence-corrected chi connectivity index (χ1v) is 5.40. The number of rotatable bonds is 5. The molecule has 0 saturated carbocycles. The predicted molar refractivity (Wildman–Crippen MR) is 55.6 cm³/mol. The molecule has 1 heterocycles. The molecule has 1 aliphatic heterocycles. The van der Waals surface area contributed by atoms with E-state index >= 15 is 0 Å². The summed E-state index contributed by atoms with van der Waals surface area (Å²) in [6, 6.07) is 0.662. The van der Waals surface area contributed by atoms with Gasteiger partial charge < -0.3 is 10.1 Å². The average molecular weight is 183 g/mol. The molecule has 76 valence electrons. The second-order valence-electron chi connectivity index (χ2n) is 3.63. The maximum absolute atomic E-state index is 5.47. The lowest BCUT2D eigenvalue weighted by atomic mass is 10.1. The molecule has 2 heteroatoms. The molecule has 0 fully saturated rings. The zero-order valence-corrected chi connectivity index (χ0v) is 8.75. The summed E-state index contributed by atoms with van der Waals surface area (Å²) in [6.07, 6.45) is 9.05. The van der Waals surface area contributed by atoms with Crippen LogP contribution in [0.3, 0.4) is 0 Å². The van der Waals surface area contributed by atoms with Gasteiger partial charge in [0.1, 0.15) is 6.10 Å². The van der Waals surface area contributed by atoms with Crippen LogP contribution in [0, 0.1) is 0 Å². The average Bonchev–Trinajstić information content (AvgIpc) is 2.21. The fourth-order valence-electron chi connectivity index (χ4n) is 1.61. The van der Waals surface area contributed by atoms with E-state index in [-0.39, 0.29) is 0 Å². The molecule has 0 aliphatic carbocycles. The smallest absolute Gasteiger partial charge is 0.110 e. The third-order valence-corrected chi connectivity index (χ3v) is 2.64. The van der Waals surface area contributed by atoms with Crippen molar-refractivity contribution in [2.75, 3.05) is 6.54 Å². The van der Waals surface area contributed by atoms with Gasteiger partial charge in [0, 0.05) is 12.6 Å². The van der Waals surface area contributed by atoms with Gasteiger partial charge in [0.05, 0.1) is 6.26 Å². The Balaban J connectivity index is 2.13. The first-order valence-electron chi connectivity index (χ1n) is 5.40. The zero-order valence-electron chi connectivity index (χ0n) is 8.75. The van der Waals surface area contributed by atoms with Crippen LogP contribution in [0.5, 0.6) is 0 Å². The van der Waals surface area contributed by atoms with Crippen molar-refractivity contribution in [2.24, 2.45) is 0 Å². The quantitative estimate of drug-likeness (QED) is 0.707. The Morgan fingerprint density at radius 2 is 2.23 bits per heavy atom. The molecule has 1 unspecified atom stereocenters. The van der Waals surface area contributed by atoms with Crippen LogP contribution in [0.25, 0.3) is 0 Å². The molecule has 2 nitrogen and oxygen atoms in total. The van der Waals surface area contributed by atoms with Crippen molar-refractivity contribution in [3.05, 3.63) is 12.3 Å². The summed E-state index contributed by atoms with van der Waals surface area (Å²) < 4.78 is 5.47. The summed E-state index contributed by atoms with van der Waals surface area (Å²) in [5.41, 5.74) is 0. The Kier molecular flexibility index (Phi) is 4.91. The van der Waals surface area contributed by atoms with Gasteiger partial charge in [-0.15, -0.1) is 0 Å². The molecule has 0 bridgehead atoms. The molecule has 13 heavy (non-hydrogen) atoms. The second-order valence-corrected chi connectivity index (χ2v) is 3.63. The SMILES string of the molecule is CCC(CC)NCC1CCC=CO1. The Labute approximate surface area is 81.4 Å². The molecular weight excluding hydrogens is 162 g/mol. The van der Waals surface area contributed by atoms with Crippen LogP contribution < -0.4 is 5.32 Å². The fourth-order valence-corrected chi connectivity index (χ4v) is 1.61. The van der Waals surface area contributed by atoms with Crippen molar-refractivity contribution in [1.82, 2.24) is 5.32 Å². The van der Waals surface area contributed by atoms with Crippen LogP contribution in [-0.2, 0) is 4.74 Å². The van der Waals surface area contributed by atoms with E-state index in [1.165, 1.54) is 12.8 Å². The maximum atomic E-state index is 5.47. The zero-order chi connectivity index (χ0) is 9.52. The molecular formula is C11H21NO. The molecule has 1 aliphatic rings. The van der Waals surface area contributed by atoms with Gasteiger partial charge in [0.2, 0.25) is 0 Å². The van der Waals surface area contributed by atoms with E-state index in [4.69, 9.17) is 4.74 Å². The molecule has 0 radical (unpaired) electrons. The van der Waals surface area contributed by atoms with E-state index in [1.807, 2.05) is 6.26 Å². The molecule has 0 aromatic carbocycles. The highest BCUT2D eigenvalue weighted by Crippen LogP contribution is 2.09. The van der Waals surface area contributed by atoms with Gasteiger partial charge in [-0.3, -0.25) is 0 Å². The second kappa shape index (κ2) is 6.03. The standard InChI is InChI=1S/C11H21NO/c1-3-10(4-2)12-9-11-7-5-6-8-13-11/h6,8,10-12H,3-5,7,9H2,1-2H3. The molecule has 1 atom stereocenters. The van der Waals surface area contributed by atoms with Gasteiger partial charge in [-0.05, 0) is 31.8 Å². The van der Waals surface area contributed by atoms with E-state index < -0.39 is 0 Å². The molecule has 1 rings (SSSR count). The van der Waals surface area contributed by atoms with Crippen LogP contribution in [0.15, 0.2) is 12.3 Å². The number of hydrogen-bond donors (Lipinski definition) is 1. The molecule has 1 N–H and O–H groups in total. The summed E-state index contributed by atoms with van der Waals surface area (Å²) in [5, 5.41) is 3.53. The van der Waals surface area contributed by atoms with Crippen LogP contribution in [0.1, 0.15) is 39.5 Å². The van der Waals surface area contributed by atoms with Crippen molar-refractivity contribution in [3.8, 4) is 0 Å². The highest BCUT2D eigenvalue weighted by atomic mass is 16.5. The largest absolute Gasteiger partial charge is 0.497 e. The minimum atomic E-state index is 0.394. The van der Waals surface area contributed by atoms with Crippen molar-refractivity contribution in [1.29, 1.82) is 0 Å². The lowest BCUT2D eigenvalue weighted by Gasteiger charge is -2.22. The summed E-state index contributed by atoms with van der Waals surface area (Å²) in [7, 11) is 0. The molecule has 0 amide bonds. The van der Waals surface area contributed by atoms with Gasteiger partial charge in [-0.25, -0.2) is 0 Å². The summed E-state index contributed by atoms with van der Waals surface area (Å²) in [5.74, 6) is 0. The first kappa shape index (κ1) is 10.6. The van der Waals surface area contributed by atoms with E-state index in [2.05, 4.69) is 25.2 Å². The van der Waals surface area contributed by atoms with Crippen molar-refractivity contribution in [2.45, 2.75) is 51.7 Å². The van der Waals surface area contributed by atoms with Crippen molar-refractivity contribution in [3.63, 3.8) is 0 Å². The van der Waals surface area contributed by atoms with Crippen LogP contribution in [0.2, 0.25) is 0 Å². The molecule has 0 spiro atoms. The Morgan fingerprint density at radius 1 is 1.46 bits per heavy atom. The molecule has 0 aromatic heterocycles. The lowest BCUT2D eigenvalue weighted by molar-refractivity contribution is 0.118. The third-order valence-electron chi connectivity index (χ3n) is 2.64. The van der Waals surface area contributed by atoms with Crippen LogP contribution >= 0.6 is 0 Å². The summed E-state index contributed by atoms with van der Waals surface area (Å²) in [6.45, 7) is 5.45.